The Labute approximate surface area is 96.5 Å². The molecule has 1 amide bonds. The highest BCUT2D eigenvalue weighted by Crippen LogP contribution is 2.12. The zero-order chi connectivity index (χ0) is 11.5. The molecule has 86 valence electrons. The van der Waals surface area contributed by atoms with Crippen LogP contribution < -0.4 is 5.32 Å². The fraction of sp³-hybridized carbons (Fsp3) is 0.462. The van der Waals surface area contributed by atoms with Crippen LogP contribution in [0, 0.1) is 0 Å². The molecule has 1 N–H and O–H groups in total. The number of amides is 1. The molecule has 3 nitrogen and oxygen atoms in total. The minimum absolute atomic E-state index is 0.140. The molecule has 0 spiro atoms. The van der Waals surface area contributed by atoms with Crippen molar-refractivity contribution in [3.05, 3.63) is 35.9 Å². The lowest BCUT2D eigenvalue weighted by Crippen LogP contribution is -2.56. The predicted molar refractivity (Wildman–Crippen MR) is 64.4 cm³/mol. The van der Waals surface area contributed by atoms with Crippen molar-refractivity contribution in [2.75, 3.05) is 13.1 Å². The summed E-state index contributed by atoms with van der Waals surface area (Å²) in [6.07, 6.45) is 0. The number of hydrogen-bond donors (Lipinski definition) is 1. The van der Waals surface area contributed by atoms with Crippen LogP contribution in [0.3, 0.4) is 0 Å². The second-order valence-corrected chi connectivity index (χ2v) is 4.48. The van der Waals surface area contributed by atoms with E-state index in [1.807, 2.05) is 35.2 Å². The first-order valence-corrected chi connectivity index (χ1v) is 5.78. The standard InChI is InChI=1S/C13H18N2O/c1-10-9-15(11(2)8-14-10)13(16)12-6-4-3-5-7-12/h3-7,10-11,14H,8-9H2,1-2H3/t10-,11+/m0/s1. The molecule has 1 aliphatic rings. The molecule has 1 aromatic carbocycles. The van der Waals surface area contributed by atoms with Gasteiger partial charge in [0, 0.05) is 30.7 Å². The van der Waals surface area contributed by atoms with Gasteiger partial charge in [0.05, 0.1) is 0 Å². The number of hydrogen-bond acceptors (Lipinski definition) is 2. The van der Waals surface area contributed by atoms with Crippen LogP contribution in [0.2, 0.25) is 0 Å². The van der Waals surface area contributed by atoms with Crippen LogP contribution in [-0.4, -0.2) is 36.0 Å². The average Bonchev–Trinajstić information content (AvgIpc) is 2.32. The van der Waals surface area contributed by atoms with E-state index in [0.29, 0.717) is 6.04 Å². The van der Waals surface area contributed by atoms with Gasteiger partial charge < -0.3 is 10.2 Å². The van der Waals surface area contributed by atoms with E-state index in [9.17, 15) is 4.79 Å². The summed E-state index contributed by atoms with van der Waals surface area (Å²) in [5, 5.41) is 3.37. The van der Waals surface area contributed by atoms with Crippen molar-refractivity contribution in [3.63, 3.8) is 0 Å². The zero-order valence-electron chi connectivity index (χ0n) is 9.81. The third-order valence-electron chi connectivity index (χ3n) is 3.05. The third kappa shape index (κ3) is 2.25. The molecular weight excluding hydrogens is 200 g/mol. The molecule has 0 radical (unpaired) electrons. The second kappa shape index (κ2) is 4.66. The summed E-state index contributed by atoms with van der Waals surface area (Å²) in [6.45, 7) is 5.85. The first-order chi connectivity index (χ1) is 7.68. The Bertz CT molecular complexity index is 363. The number of nitrogens with zero attached hydrogens (tertiary/aromatic N) is 1. The van der Waals surface area contributed by atoms with Crippen molar-refractivity contribution < 1.29 is 4.79 Å². The summed E-state index contributed by atoms with van der Waals surface area (Å²) in [4.78, 5) is 14.2. The zero-order valence-corrected chi connectivity index (χ0v) is 9.81. The molecule has 2 atom stereocenters. The van der Waals surface area contributed by atoms with Crippen molar-refractivity contribution in [1.82, 2.24) is 10.2 Å². The van der Waals surface area contributed by atoms with Crippen LogP contribution in [0.5, 0.6) is 0 Å². The van der Waals surface area contributed by atoms with Gasteiger partial charge in [-0.25, -0.2) is 0 Å². The molecule has 1 fully saturated rings. The van der Waals surface area contributed by atoms with Gasteiger partial charge in [-0.3, -0.25) is 4.79 Å². The first kappa shape index (κ1) is 11.1. The second-order valence-electron chi connectivity index (χ2n) is 4.48. The number of rotatable bonds is 1. The molecule has 0 bridgehead atoms. The molecular formula is C13H18N2O. The minimum atomic E-state index is 0.140. The van der Waals surface area contributed by atoms with Gasteiger partial charge in [-0.1, -0.05) is 18.2 Å². The van der Waals surface area contributed by atoms with Crippen molar-refractivity contribution >= 4 is 5.91 Å². The van der Waals surface area contributed by atoms with Gasteiger partial charge in [-0.15, -0.1) is 0 Å². The summed E-state index contributed by atoms with van der Waals surface area (Å²) in [7, 11) is 0. The Morgan fingerprint density at radius 1 is 1.31 bits per heavy atom. The van der Waals surface area contributed by atoms with Crippen LogP contribution >= 0.6 is 0 Å². The summed E-state index contributed by atoms with van der Waals surface area (Å²) >= 11 is 0. The van der Waals surface area contributed by atoms with Gasteiger partial charge in [0.1, 0.15) is 0 Å². The average molecular weight is 218 g/mol. The van der Waals surface area contributed by atoms with Crippen LogP contribution in [0.25, 0.3) is 0 Å². The molecule has 0 saturated carbocycles. The lowest BCUT2D eigenvalue weighted by molar-refractivity contribution is 0.0616. The number of nitrogens with one attached hydrogen (secondary N) is 1. The molecule has 0 unspecified atom stereocenters. The molecule has 1 aliphatic heterocycles. The molecule has 2 rings (SSSR count). The fourth-order valence-electron chi connectivity index (χ4n) is 2.05. The molecule has 1 heterocycles. The van der Waals surface area contributed by atoms with Crippen molar-refractivity contribution in [2.24, 2.45) is 0 Å². The van der Waals surface area contributed by atoms with Crippen LogP contribution in [0.15, 0.2) is 30.3 Å². The maximum atomic E-state index is 12.3. The number of carbonyl (C=O) groups is 1. The van der Waals surface area contributed by atoms with E-state index in [-0.39, 0.29) is 11.9 Å². The summed E-state index contributed by atoms with van der Waals surface area (Å²) in [5.41, 5.74) is 0.781. The Balaban J connectivity index is 2.15. The van der Waals surface area contributed by atoms with Crippen molar-refractivity contribution in [2.45, 2.75) is 25.9 Å². The van der Waals surface area contributed by atoms with E-state index in [2.05, 4.69) is 19.2 Å². The highest BCUT2D eigenvalue weighted by atomic mass is 16.2. The number of piperazine rings is 1. The van der Waals surface area contributed by atoms with E-state index < -0.39 is 0 Å². The van der Waals surface area contributed by atoms with Crippen LogP contribution in [-0.2, 0) is 0 Å². The maximum absolute atomic E-state index is 12.3. The first-order valence-electron chi connectivity index (χ1n) is 5.78. The molecule has 0 aliphatic carbocycles. The van der Waals surface area contributed by atoms with Gasteiger partial charge >= 0.3 is 0 Å². The number of benzene rings is 1. The Kier molecular flexibility index (Phi) is 3.25. The molecule has 16 heavy (non-hydrogen) atoms. The van der Waals surface area contributed by atoms with Gasteiger partial charge in [-0.05, 0) is 26.0 Å². The quantitative estimate of drug-likeness (QED) is 0.775. The van der Waals surface area contributed by atoms with Gasteiger partial charge in [0.25, 0.3) is 5.91 Å². The van der Waals surface area contributed by atoms with E-state index >= 15 is 0 Å². The van der Waals surface area contributed by atoms with Gasteiger partial charge in [0.2, 0.25) is 0 Å². The summed E-state index contributed by atoms with van der Waals surface area (Å²) in [6, 6.07) is 10.1. The van der Waals surface area contributed by atoms with Gasteiger partial charge in [-0.2, -0.15) is 0 Å². The minimum Gasteiger partial charge on any atom is -0.333 e. The Morgan fingerprint density at radius 3 is 2.69 bits per heavy atom. The van der Waals surface area contributed by atoms with Crippen molar-refractivity contribution in [1.29, 1.82) is 0 Å². The Hall–Kier alpha value is -1.35. The SMILES string of the molecule is C[C@@H]1CN[C@@H](C)CN1C(=O)c1ccccc1. The largest absolute Gasteiger partial charge is 0.333 e. The Morgan fingerprint density at radius 2 is 2.00 bits per heavy atom. The van der Waals surface area contributed by atoms with E-state index in [4.69, 9.17) is 0 Å². The van der Waals surface area contributed by atoms with E-state index in [0.717, 1.165) is 18.7 Å². The highest BCUT2D eigenvalue weighted by Gasteiger charge is 2.26. The monoisotopic (exact) mass is 218 g/mol. The summed E-state index contributed by atoms with van der Waals surface area (Å²) in [5.74, 6) is 0.140. The van der Waals surface area contributed by atoms with Crippen LogP contribution in [0.4, 0.5) is 0 Å². The molecule has 1 aromatic rings. The molecule has 0 aromatic heterocycles. The fourth-order valence-corrected chi connectivity index (χ4v) is 2.05. The lowest BCUT2D eigenvalue weighted by atomic mass is 10.1. The van der Waals surface area contributed by atoms with Crippen LogP contribution in [0.1, 0.15) is 24.2 Å². The normalized spacial score (nSPS) is 25.5. The third-order valence-corrected chi connectivity index (χ3v) is 3.05. The predicted octanol–water partition coefficient (Wildman–Crippen LogP) is 1.51. The molecule has 1 saturated heterocycles. The summed E-state index contributed by atoms with van der Waals surface area (Å²) < 4.78 is 0. The van der Waals surface area contributed by atoms with E-state index in [1.165, 1.54) is 0 Å². The molecule has 3 heteroatoms. The van der Waals surface area contributed by atoms with E-state index in [1.54, 1.807) is 0 Å². The topological polar surface area (TPSA) is 32.3 Å². The maximum Gasteiger partial charge on any atom is 0.254 e. The van der Waals surface area contributed by atoms with Gasteiger partial charge in [0.15, 0.2) is 0 Å². The number of carbonyl (C=O) groups excluding carboxylic acids is 1. The smallest absolute Gasteiger partial charge is 0.254 e. The highest BCUT2D eigenvalue weighted by molar-refractivity contribution is 5.94. The lowest BCUT2D eigenvalue weighted by Gasteiger charge is -2.37. The van der Waals surface area contributed by atoms with Crippen molar-refractivity contribution in [3.8, 4) is 0 Å².